The van der Waals surface area contributed by atoms with E-state index in [-0.39, 0.29) is 25.2 Å². The van der Waals surface area contributed by atoms with Gasteiger partial charge in [-0.2, -0.15) is 0 Å². The van der Waals surface area contributed by atoms with Crippen LogP contribution in [-0.2, 0) is 13.6 Å². The van der Waals surface area contributed by atoms with Gasteiger partial charge in [0, 0.05) is 0 Å². The molecule has 0 unspecified atom stereocenters. The molecule has 0 aromatic carbocycles. The fourth-order valence-corrected chi connectivity index (χ4v) is 2.79. The molecule has 0 aliphatic carbocycles. The lowest BCUT2D eigenvalue weighted by atomic mass is 10.2. The average molecular weight is 246 g/mol. The summed E-state index contributed by atoms with van der Waals surface area (Å²) in [6.45, 7) is 3.90. The molecule has 1 rings (SSSR count). The van der Waals surface area contributed by atoms with Gasteiger partial charge in [-0.25, -0.2) is 0 Å². The van der Waals surface area contributed by atoms with Crippen molar-refractivity contribution in [3.8, 4) is 0 Å². The first-order valence-electron chi connectivity index (χ1n) is 5.05. The van der Waals surface area contributed by atoms with Crippen LogP contribution in [0.4, 0.5) is 0 Å². The van der Waals surface area contributed by atoms with Crippen LogP contribution in [0, 0.1) is 0 Å². The Morgan fingerprint density at radius 2 is 2.00 bits per heavy atom. The fourth-order valence-electron chi connectivity index (χ4n) is 1.21. The van der Waals surface area contributed by atoms with Crippen LogP contribution in [0.1, 0.15) is 24.2 Å². The zero-order chi connectivity index (χ0) is 12.0. The zero-order valence-corrected chi connectivity index (χ0v) is 10.2. The van der Waals surface area contributed by atoms with Gasteiger partial charge in [-0.3, -0.25) is 9.36 Å². The number of carbonyl (C=O) groups excluding carboxylic acids is 1. The van der Waals surface area contributed by atoms with Crippen molar-refractivity contribution in [1.82, 2.24) is 0 Å². The van der Waals surface area contributed by atoms with Crippen LogP contribution in [0.2, 0.25) is 0 Å². The highest BCUT2D eigenvalue weighted by Crippen LogP contribution is 2.48. The molecule has 1 aromatic heterocycles. The molecule has 0 bridgehead atoms. The first-order chi connectivity index (χ1) is 7.61. The predicted octanol–water partition coefficient (Wildman–Crippen LogP) is 2.73. The van der Waals surface area contributed by atoms with Crippen molar-refractivity contribution >= 4 is 13.4 Å². The summed E-state index contributed by atoms with van der Waals surface area (Å²) in [7, 11) is -3.31. The van der Waals surface area contributed by atoms with Gasteiger partial charge in [0.1, 0.15) is 12.4 Å². The Morgan fingerprint density at radius 3 is 2.44 bits per heavy atom. The van der Waals surface area contributed by atoms with Gasteiger partial charge in [0.25, 0.3) is 0 Å². The highest BCUT2D eigenvalue weighted by Gasteiger charge is 2.28. The van der Waals surface area contributed by atoms with Crippen LogP contribution in [-0.4, -0.2) is 25.2 Å². The minimum absolute atomic E-state index is 0.246. The summed E-state index contributed by atoms with van der Waals surface area (Å²) in [5.74, 6) is -0.306. The smallest absolute Gasteiger partial charge is 0.338 e. The molecule has 0 N–H and O–H groups in total. The summed E-state index contributed by atoms with van der Waals surface area (Å²) in [4.78, 5) is 11.7. The van der Waals surface area contributed by atoms with E-state index in [9.17, 15) is 9.36 Å². The van der Waals surface area contributed by atoms with Gasteiger partial charge in [-0.1, -0.05) is 0 Å². The Kier molecular flexibility index (Phi) is 4.93. The van der Waals surface area contributed by atoms with Crippen LogP contribution in [0.25, 0.3) is 0 Å². The monoisotopic (exact) mass is 246 g/mol. The lowest BCUT2D eigenvalue weighted by Crippen LogP contribution is -2.09. The molecule has 1 heterocycles. The summed E-state index contributed by atoms with van der Waals surface area (Å²) in [6.07, 6.45) is 2.44. The first kappa shape index (κ1) is 13.2. The molecule has 0 amide bonds. The van der Waals surface area contributed by atoms with Gasteiger partial charge in [0.2, 0.25) is 0 Å². The molecule has 0 aliphatic heterocycles. The van der Waals surface area contributed by atoms with Crippen LogP contribution >= 0.6 is 7.60 Å². The van der Waals surface area contributed by atoms with Crippen molar-refractivity contribution in [3.05, 3.63) is 24.2 Å². The number of ketones is 1. The molecular formula is C10H15O5P. The maximum atomic E-state index is 12.0. The second kappa shape index (κ2) is 5.99. The molecule has 0 radical (unpaired) electrons. The van der Waals surface area contributed by atoms with Gasteiger partial charge in [-0.15, -0.1) is 0 Å². The quantitative estimate of drug-likeness (QED) is 0.546. The second-order valence-corrected chi connectivity index (χ2v) is 5.09. The van der Waals surface area contributed by atoms with Crippen molar-refractivity contribution in [1.29, 1.82) is 0 Å². The van der Waals surface area contributed by atoms with Crippen LogP contribution in [0.5, 0.6) is 0 Å². The van der Waals surface area contributed by atoms with Gasteiger partial charge in [-0.05, 0) is 19.9 Å². The Balaban J connectivity index is 2.69. The SMILES string of the molecule is CCOP(=O)(CC(=O)c1ccoc1)OCC. The van der Waals surface area contributed by atoms with Crippen LogP contribution in [0.15, 0.2) is 23.0 Å². The molecule has 0 saturated heterocycles. The van der Waals surface area contributed by atoms with Crippen molar-refractivity contribution in [2.45, 2.75) is 13.8 Å². The van der Waals surface area contributed by atoms with Crippen LogP contribution < -0.4 is 0 Å². The predicted molar refractivity (Wildman–Crippen MR) is 58.8 cm³/mol. The van der Waals surface area contributed by atoms with Gasteiger partial charge < -0.3 is 13.5 Å². The number of carbonyl (C=O) groups is 1. The molecule has 0 aliphatic rings. The van der Waals surface area contributed by atoms with Crippen molar-refractivity contribution in [2.75, 3.05) is 19.4 Å². The van der Waals surface area contributed by atoms with Gasteiger partial charge >= 0.3 is 7.60 Å². The third kappa shape index (κ3) is 3.59. The molecular weight excluding hydrogens is 231 g/mol. The standard InChI is InChI=1S/C10H15O5P/c1-3-14-16(12,15-4-2)8-10(11)9-5-6-13-7-9/h5-7H,3-4,8H2,1-2H3. The fraction of sp³-hybridized carbons (Fsp3) is 0.500. The molecule has 16 heavy (non-hydrogen) atoms. The van der Waals surface area contributed by atoms with E-state index in [1.807, 2.05) is 0 Å². The molecule has 0 fully saturated rings. The molecule has 6 heteroatoms. The molecule has 0 saturated carbocycles. The summed E-state index contributed by atoms with van der Waals surface area (Å²) in [5, 5.41) is 0. The first-order valence-corrected chi connectivity index (χ1v) is 6.77. The van der Waals surface area contributed by atoms with Gasteiger partial charge in [0.15, 0.2) is 5.78 Å². The zero-order valence-electron chi connectivity index (χ0n) is 9.34. The molecule has 5 nitrogen and oxygen atoms in total. The van der Waals surface area contributed by atoms with Gasteiger partial charge in [0.05, 0.1) is 25.0 Å². The molecule has 1 aromatic rings. The summed E-state index contributed by atoms with van der Waals surface area (Å²) < 4.78 is 26.8. The van der Waals surface area contributed by atoms with Crippen molar-refractivity contribution in [3.63, 3.8) is 0 Å². The van der Waals surface area contributed by atoms with E-state index in [1.54, 1.807) is 13.8 Å². The number of Topliss-reactive ketones (excluding diaryl/α,β-unsaturated/α-hetero) is 1. The number of furan rings is 1. The lowest BCUT2D eigenvalue weighted by molar-refractivity contribution is 0.100. The summed E-state index contributed by atoms with van der Waals surface area (Å²) >= 11 is 0. The normalized spacial score (nSPS) is 11.6. The molecule has 0 spiro atoms. The van der Waals surface area contributed by atoms with E-state index in [2.05, 4.69) is 0 Å². The third-order valence-electron chi connectivity index (χ3n) is 1.83. The summed E-state index contributed by atoms with van der Waals surface area (Å²) in [6, 6.07) is 1.52. The second-order valence-electron chi connectivity index (χ2n) is 3.04. The average Bonchev–Trinajstić information content (AvgIpc) is 2.70. The van der Waals surface area contributed by atoms with Crippen molar-refractivity contribution in [2.24, 2.45) is 0 Å². The number of hydrogen-bond acceptors (Lipinski definition) is 5. The molecule has 90 valence electrons. The lowest BCUT2D eigenvalue weighted by Gasteiger charge is -2.15. The van der Waals surface area contributed by atoms with Crippen molar-refractivity contribution < 1.29 is 22.8 Å². The topological polar surface area (TPSA) is 65.7 Å². The van der Waals surface area contributed by atoms with E-state index in [0.717, 1.165) is 0 Å². The third-order valence-corrected chi connectivity index (χ3v) is 3.81. The van der Waals surface area contributed by atoms with E-state index < -0.39 is 7.60 Å². The number of hydrogen-bond donors (Lipinski definition) is 0. The Labute approximate surface area is 94.3 Å². The Hall–Kier alpha value is -0.900. The highest BCUT2D eigenvalue weighted by molar-refractivity contribution is 7.54. The van der Waals surface area contributed by atoms with E-state index in [1.165, 1.54) is 18.6 Å². The maximum Gasteiger partial charge on any atom is 0.338 e. The van der Waals surface area contributed by atoms with E-state index >= 15 is 0 Å². The molecule has 0 atom stereocenters. The highest BCUT2D eigenvalue weighted by atomic mass is 31.2. The Morgan fingerprint density at radius 1 is 1.38 bits per heavy atom. The van der Waals surface area contributed by atoms with Crippen LogP contribution in [0.3, 0.4) is 0 Å². The number of rotatable bonds is 7. The summed E-state index contributed by atoms with van der Waals surface area (Å²) in [5.41, 5.74) is 0.375. The Bertz CT molecular complexity index is 361. The largest absolute Gasteiger partial charge is 0.472 e. The maximum absolute atomic E-state index is 12.0. The van der Waals surface area contributed by atoms with E-state index in [0.29, 0.717) is 5.56 Å². The minimum Gasteiger partial charge on any atom is -0.472 e. The van der Waals surface area contributed by atoms with E-state index in [4.69, 9.17) is 13.5 Å². The minimum atomic E-state index is -3.31.